The van der Waals surface area contributed by atoms with Crippen molar-refractivity contribution >= 4 is 63.1 Å². The van der Waals surface area contributed by atoms with Crippen molar-refractivity contribution in [2.24, 2.45) is 0 Å². The first-order valence-electron chi connectivity index (χ1n) is 8.02. The Hall–Kier alpha value is -2.35. The minimum absolute atomic E-state index is 0.126. The summed E-state index contributed by atoms with van der Waals surface area (Å²) in [6.07, 6.45) is 0. The molecule has 6 nitrogen and oxygen atoms in total. The number of nitrogens with one attached hydrogen (secondary N) is 1. The molecule has 2 heterocycles. The fourth-order valence-corrected chi connectivity index (χ4v) is 3.89. The number of nitrogens with zero attached hydrogens (tertiary/aromatic N) is 4. The number of amides is 1. The van der Waals surface area contributed by atoms with Gasteiger partial charge in [0, 0.05) is 5.39 Å². The van der Waals surface area contributed by atoms with Crippen LogP contribution in [0.15, 0.2) is 47.6 Å². The molecule has 0 saturated carbocycles. The van der Waals surface area contributed by atoms with Gasteiger partial charge in [0.05, 0.1) is 27.0 Å². The number of carbonyl (C=O) groups excluding carboxylic acids is 1. The van der Waals surface area contributed by atoms with Crippen molar-refractivity contribution in [3.8, 4) is 0 Å². The number of fused-ring (bicyclic) bond motifs is 3. The molecule has 0 spiro atoms. The first-order chi connectivity index (χ1) is 13.0. The summed E-state index contributed by atoms with van der Waals surface area (Å²) >= 11 is 13.5. The molecule has 2 aromatic heterocycles. The van der Waals surface area contributed by atoms with Gasteiger partial charge in [-0.1, -0.05) is 53.2 Å². The van der Waals surface area contributed by atoms with Crippen molar-refractivity contribution in [2.45, 2.75) is 12.1 Å². The number of aromatic nitrogens is 4. The van der Waals surface area contributed by atoms with E-state index in [9.17, 15) is 4.79 Å². The summed E-state index contributed by atoms with van der Waals surface area (Å²) in [5.41, 5.74) is 1.92. The molecule has 1 amide bonds. The smallest absolute Gasteiger partial charge is 0.234 e. The number of aryl methyl sites for hydroxylation is 1. The molecular formula is C18H13Cl2N5OS. The van der Waals surface area contributed by atoms with E-state index >= 15 is 0 Å². The summed E-state index contributed by atoms with van der Waals surface area (Å²) in [6.45, 7) is 1.82. The Morgan fingerprint density at radius 2 is 1.85 bits per heavy atom. The quantitative estimate of drug-likeness (QED) is 0.387. The molecule has 0 bridgehead atoms. The molecule has 0 radical (unpaired) electrons. The van der Waals surface area contributed by atoms with Crippen LogP contribution in [0.2, 0.25) is 10.0 Å². The van der Waals surface area contributed by atoms with Crippen LogP contribution in [0.3, 0.4) is 0 Å². The fourth-order valence-electron chi connectivity index (χ4n) is 2.65. The predicted octanol–water partition coefficient (Wildman–Crippen LogP) is 4.62. The largest absolute Gasteiger partial charge is 0.323 e. The van der Waals surface area contributed by atoms with E-state index in [0.717, 1.165) is 16.6 Å². The van der Waals surface area contributed by atoms with Crippen molar-refractivity contribution < 1.29 is 4.79 Å². The van der Waals surface area contributed by atoms with E-state index in [2.05, 4.69) is 20.4 Å². The number of rotatable bonds is 4. The van der Waals surface area contributed by atoms with Crippen molar-refractivity contribution in [1.82, 2.24) is 19.6 Å². The molecule has 0 unspecified atom stereocenters. The number of hydrogen-bond donors (Lipinski definition) is 1. The van der Waals surface area contributed by atoms with Gasteiger partial charge >= 0.3 is 0 Å². The zero-order chi connectivity index (χ0) is 19.0. The molecule has 0 aliphatic rings. The van der Waals surface area contributed by atoms with Crippen molar-refractivity contribution in [2.75, 3.05) is 11.1 Å². The lowest BCUT2D eigenvalue weighted by Gasteiger charge is -2.09. The normalized spacial score (nSPS) is 11.2. The van der Waals surface area contributed by atoms with Crippen molar-refractivity contribution in [1.29, 1.82) is 0 Å². The molecule has 0 aliphatic carbocycles. The Morgan fingerprint density at radius 1 is 1.11 bits per heavy atom. The zero-order valence-electron chi connectivity index (χ0n) is 14.1. The zero-order valence-corrected chi connectivity index (χ0v) is 16.4. The maximum Gasteiger partial charge on any atom is 0.234 e. The van der Waals surface area contributed by atoms with Gasteiger partial charge in [-0.2, -0.15) is 4.52 Å². The van der Waals surface area contributed by atoms with Gasteiger partial charge in [0.2, 0.25) is 5.91 Å². The number of halogens is 2. The number of thioether (sulfide) groups is 1. The molecule has 4 aromatic rings. The Kier molecular flexibility index (Phi) is 4.90. The maximum absolute atomic E-state index is 12.4. The summed E-state index contributed by atoms with van der Waals surface area (Å²) in [5.74, 6) is 0.526. The Morgan fingerprint density at radius 3 is 2.63 bits per heavy atom. The molecule has 0 aliphatic heterocycles. The van der Waals surface area contributed by atoms with Gasteiger partial charge in [0.15, 0.2) is 10.8 Å². The van der Waals surface area contributed by atoms with Crippen LogP contribution < -0.4 is 5.32 Å². The molecule has 4 rings (SSSR count). The van der Waals surface area contributed by atoms with Gasteiger partial charge < -0.3 is 5.32 Å². The summed E-state index contributed by atoms with van der Waals surface area (Å²) in [6, 6.07) is 12.8. The standard InChI is InChI=1S/C18H13Cl2N5OS/c1-10-21-17-11-5-2-3-8-14(11)22-18(25(17)24-10)27-9-15(26)23-16-12(19)6-4-7-13(16)20/h2-8H,9H2,1H3,(H,23,26). The fraction of sp³-hybridized carbons (Fsp3) is 0.111. The number of carbonyl (C=O) groups is 1. The van der Waals surface area contributed by atoms with Gasteiger partial charge in [0.25, 0.3) is 0 Å². The first-order valence-corrected chi connectivity index (χ1v) is 9.76. The third-order valence-electron chi connectivity index (χ3n) is 3.81. The SMILES string of the molecule is Cc1nc2c3ccccc3nc(SCC(=O)Nc3c(Cl)cccc3Cl)n2n1. The average molecular weight is 418 g/mol. The average Bonchev–Trinajstić information content (AvgIpc) is 3.05. The van der Waals surface area contributed by atoms with Crippen LogP contribution in [-0.4, -0.2) is 31.2 Å². The Balaban J connectivity index is 1.60. The van der Waals surface area contributed by atoms with E-state index in [-0.39, 0.29) is 11.7 Å². The summed E-state index contributed by atoms with van der Waals surface area (Å²) < 4.78 is 1.66. The Labute approximate surface area is 168 Å². The minimum atomic E-state index is -0.241. The van der Waals surface area contributed by atoms with E-state index in [4.69, 9.17) is 23.2 Å². The second-order valence-corrected chi connectivity index (χ2v) is 7.50. The van der Waals surface area contributed by atoms with E-state index < -0.39 is 0 Å². The lowest BCUT2D eigenvalue weighted by molar-refractivity contribution is -0.113. The predicted molar refractivity (Wildman–Crippen MR) is 109 cm³/mol. The van der Waals surface area contributed by atoms with Crippen LogP contribution in [0, 0.1) is 6.92 Å². The highest BCUT2D eigenvalue weighted by Gasteiger charge is 2.15. The number of hydrogen-bond acceptors (Lipinski definition) is 5. The minimum Gasteiger partial charge on any atom is -0.323 e. The molecule has 27 heavy (non-hydrogen) atoms. The molecule has 0 fully saturated rings. The second-order valence-electron chi connectivity index (χ2n) is 5.74. The molecular weight excluding hydrogens is 405 g/mol. The van der Waals surface area contributed by atoms with Gasteiger partial charge in [-0.3, -0.25) is 4.79 Å². The highest BCUT2D eigenvalue weighted by Crippen LogP contribution is 2.30. The molecule has 136 valence electrons. The first kappa shape index (κ1) is 18.0. The van der Waals surface area contributed by atoms with Crippen LogP contribution in [0.1, 0.15) is 5.82 Å². The van der Waals surface area contributed by atoms with E-state index in [0.29, 0.717) is 26.7 Å². The third kappa shape index (κ3) is 3.58. The summed E-state index contributed by atoms with van der Waals surface area (Å²) in [4.78, 5) is 21.5. The number of anilines is 1. The van der Waals surface area contributed by atoms with Crippen LogP contribution in [0.25, 0.3) is 16.6 Å². The van der Waals surface area contributed by atoms with E-state index in [1.54, 1.807) is 22.7 Å². The van der Waals surface area contributed by atoms with E-state index in [1.165, 1.54) is 11.8 Å². The molecule has 0 atom stereocenters. The van der Waals surface area contributed by atoms with Gasteiger partial charge in [-0.15, -0.1) is 5.10 Å². The topological polar surface area (TPSA) is 72.2 Å². The lowest BCUT2D eigenvalue weighted by atomic mass is 10.2. The highest BCUT2D eigenvalue weighted by molar-refractivity contribution is 7.99. The molecule has 9 heteroatoms. The number of benzene rings is 2. The third-order valence-corrected chi connectivity index (χ3v) is 5.37. The summed E-state index contributed by atoms with van der Waals surface area (Å²) in [5, 5.41) is 9.42. The van der Waals surface area contributed by atoms with Crippen LogP contribution in [0.5, 0.6) is 0 Å². The van der Waals surface area contributed by atoms with Gasteiger partial charge in [0.1, 0.15) is 5.82 Å². The maximum atomic E-state index is 12.4. The van der Waals surface area contributed by atoms with Crippen LogP contribution in [-0.2, 0) is 4.79 Å². The Bertz CT molecular complexity index is 1160. The van der Waals surface area contributed by atoms with Crippen molar-refractivity contribution in [3.05, 3.63) is 58.3 Å². The van der Waals surface area contributed by atoms with Crippen molar-refractivity contribution in [3.63, 3.8) is 0 Å². The van der Waals surface area contributed by atoms with E-state index in [1.807, 2.05) is 31.2 Å². The van der Waals surface area contributed by atoms with Gasteiger partial charge in [-0.25, -0.2) is 9.97 Å². The molecule has 0 saturated heterocycles. The molecule has 1 N–H and O–H groups in total. The van der Waals surface area contributed by atoms with Crippen LogP contribution >= 0.6 is 35.0 Å². The highest BCUT2D eigenvalue weighted by atomic mass is 35.5. The summed E-state index contributed by atoms with van der Waals surface area (Å²) in [7, 11) is 0. The lowest BCUT2D eigenvalue weighted by Crippen LogP contribution is -2.15. The molecule has 2 aromatic carbocycles. The van der Waals surface area contributed by atoms with Crippen LogP contribution in [0.4, 0.5) is 5.69 Å². The second kappa shape index (κ2) is 7.34. The number of para-hydroxylation sites is 2. The van der Waals surface area contributed by atoms with Gasteiger partial charge in [-0.05, 0) is 31.2 Å². The monoisotopic (exact) mass is 417 g/mol.